The van der Waals surface area contributed by atoms with Gasteiger partial charge >= 0.3 is 0 Å². The normalized spacial score (nSPS) is 12.3. The van der Waals surface area contributed by atoms with E-state index in [0.717, 1.165) is 46.7 Å². The first-order valence-corrected chi connectivity index (χ1v) is 12.2. The summed E-state index contributed by atoms with van der Waals surface area (Å²) >= 11 is 3.69. The minimum Gasteiger partial charge on any atom is -0.294 e. The highest BCUT2D eigenvalue weighted by atomic mass is 79.9. The van der Waals surface area contributed by atoms with E-state index in [2.05, 4.69) is 84.1 Å². The zero-order chi connectivity index (χ0) is 21.5. The van der Waals surface area contributed by atoms with E-state index < -0.39 is 0 Å². The molecule has 0 amide bonds. The van der Waals surface area contributed by atoms with Gasteiger partial charge in [0, 0.05) is 10.0 Å². The summed E-state index contributed by atoms with van der Waals surface area (Å²) in [4.78, 5) is 15.8. The monoisotopic (exact) mass is 503 g/mol. The van der Waals surface area contributed by atoms with E-state index in [9.17, 15) is 4.79 Å². The van der Waals surface area contributed by atoms with Crippen LogP contribution >= 0.6 is 28.3 Å². The molecule has 0 aliphatic heterocycles. The second kappa shape index (κ2) is 12.6. The molecule has 0 saturated carbocycles. The summed E-state index contributed by atoms with van der Waals surface area (Å²) in [7, 11) is 0. The zero-order valence-electron chi connectivity index (χ0n) is 19.0. The Labute approximate surface area is 201 Å². The number of benzene rings is 3. The first-order chi connectivity index (χ1) is 14.6. The minimum atomic E-state index is -0.0853. The molecule has 0 spiro atoms. The number of fused-ring (bicyclic) bond motifs is 3. The van der Waals surface area contributed by atoms with E-state index in [1.54, 1.807) is 0 Å². The average Bonchev–Trinajstić information content (AvgIpc) is 2.77. The van der Waals surface area contributed by atoms with Crippen LogP contribution in [0.3, 0.4) is 0 Å². The molecule has 0 aromatic heterocycles. The van der Waals surface area contributed by atoms with E-state index in [4.69, 9.17) is 0 Å². The van der Waals surface area contributed by atoms with Gasteiger partial charge in [-0.05, 0) is 66.5 Å². The van der Waals surface area contributed by atoms with E-state index >= 15 is 0 Å². The van der Waals surface area contributed by atoms with E-state index in [-0.39, 0.29) is 24.2 Å². The van der Waals surface area contributed by atoms with Gasteiger partial charge in [0.15, 0.2) is 5.78 Å². The number of unbranched alkanes of at least 4 members (excludes halogenated alkanes) is 4. The molecule has 4 heteroatoms. The molecule has 3 rings (SSSR count). The molecule has 0 aliphatic rings. The highest BCUT2D eigenvalue weighted by Gasteiger charge is 2.22. The van der Waals surface area contributed by atoms with Gasteiger partial charge in [-0.2, -0.15) is 0 Å². The largest absolute Gasteiger partial charge is 0.294 e. The number of ketones is 1. The third-order valence-corrected chi connectivity index (χ3v) is 6.78. The Balaban J connectivity index is 0.00000341. The molecule has 31 heavy (non-hydrogen) atoms. The molecule has 0 radical (unpaired) electrons. The van der Waals surface area contributed by atoms with Crippen LogP contribution in [0.1, 0.15) is 69.7 Å². The summed E-state index contributed by atoms with van der Waals surface area (Å²) < 4.78 is 1.09. The topological polar surface area (TPSA) is 20.3 Å². The Morgan fingerprint density at radius 2 is 1.48 bits per heavy atom. The summed E-state index contributed by atoms with van der Waals surface area (Å²) in [5.41, 5.74) is 0.818. The SMILES string of the molecule is CCCCCN(CCCCC)C(C)C(=O)c1ccc2cc(Br)c3ccccc3c2c1.Cl. The molecule has 0 bridgehead atoms. The van der Waals surface area contributed by atoms with Crippen LogP contribution in [0, 0.1) is 0 Å². The van der Waals surface area contributed by atoms with Gasteiger partial charge in [0.1, 0.15) is 0 Å². The van der Waals surface area contributed by atoms with E-state index in [1.807, 2.05) is 6.07 Å². The van der Waals surface area contributed by atoms with Crippen molar-refractivity contribution in [1.82, 2.24) is 4.90 Å². The van der Waals surface area contributed by atoms with Crippen LogP contribution in [0.15, 0.2) is 53.0 Å². The molecule has 1 unspecified atom stereocenters. The van der Waals surface area contributed by atoms with Gasteiger partial charge < -0.3 is 0 Å². The average molecular weight is 505 g/mol. The fourth-order valence-corrected chi connectivity index (χ4v) is 4.84. The second-order valence-electron chi connectivity index (χ2n) is 8.33. The van der Waals surface area contributed by atoms with Gasteiger partial charge in [0.05, 0.1) is 6.04 Å². The molecule has 0 heterocycles. The predicted octanol–water partition coefficient (Wildman–Crippen LogP) is 8.43. The lowest BCUT2D eigenvalue weighted by molar-refractivity contribution is 0.0832. The molecule has 2 nitrogen and oxygen atoms in total. The smallest absolute Gasteiger partial charge is 0.179 e. The predicted molar refractivity (Wildman–Crippen MR) is 141 cm³/mol. The molecule has 0 aliphatic carbocycles. The lowest BCUT2D eigenvalue weighted by Gasteiger charge is -2.28. The minimum absolute atomic E-state index is 0. The quantitative estimate of drug-likeness (QED) is 0.148. The van der Waals surface area contributed by atoms with Crippen molar-refractivity contribution in [2.24, 2.45) is 0 Å². The molecular weight excluding hydrogens is 470 g/mol. The van der Waals surface area contributed by atoms with Gasteiger partial charge in [0.25, 0.3) is 0 Å². The van der Waals surface area contributed by atoms with Gasteiger partial charge in [-0.25, -0.2) is 0 Å². The van der Waals surface area contributed by atoms with Crippen LogP contribution in [0.2, 0.25) is 0 Å². The first kappa shape index (κ1) is 25.8. The van der Waals surface area contributed by atoms with Crippen LogP contribution in [0.4, 0.5) is 0 Å². The standard InChI is InChI=1S/C27H34BrNO.ClH/c1-4-6-10-16-29(17-11-7-5-2)20(3)27(30)22-15-14-21-19-26(28)24-13-9-8-12-23(24)25(21)18-22;/h8-9,12-15,18-20H,4-7,10-11,16-17H2,1-3H3;1H. The Morgan fingerprint density at radius 3 is 2.10 bits per heavy atom. The first-order valence-electron chi connectivity index (χ1n) is 11.5. The van der Waals surface area contributed by atoms with Crippen molar-refractivity contribution in [2.75, 3.05) is 13.1 Å². The van der Waals surface area contributed by atoms with E-state index in [1.165, 1.54) is 36.5 Å². The summed E-state index contributed by atoms with van der Waals surface area (Å²) in [5.74, 6) is 0.233. The van der Waals surface area contributed by atoms with Crippen molar-refractivity contribution in [2.45, 2.75) is 65.3 Å². The van der Waals surface area contributed by atoms with E-state index in [0.29, 0.717) is 0 Å². The molecule has 0 N–H and O–H groups in total. The highest BCUT2D eigenvalue weighted by Crippen LogP contribution is 2.32. The number of halogens is 2. The third kappa shape index (κ3) is 6.31. The van der Waals surface area contributed by atoms with Crippen molar-refractivity contribution in [3.8, 4) is 0 Å². The summed E-state index contributed by atoms with van der Waals surface area (Å²) in [6, 6.07) is 16.6. The molecule has 3 aromatic carbocycles. The number of nitrogens with zero attached hydrogens (tertiary/aromatic N) is 1. The highest BCUT2D eigenvalue weighted by molar-refractivity contribution is 9.10. The Hall–Kier alpha value is -1.42. The lowest BCUT2D eigenvalue weighted by atomic mass is 9.96. The molecule has 168 valence electrons. The molecule has 3 aromatic rings. The zero-order valence-corrected chi connectivity index (χ0v) is 21.4. The van der Waals surface area contributed by atoms with Crippen molar-refractivity contribution in [3.05, 3.63) is 58.6 Å². The number of carbonyl (C=O) groups excluding carboxylic acids is 1. The molecule has 0 saturated heterocycles. The van der Waals surface area contributed by atoms with Gasteiger partial charge in [-0.1, -0.05) is 91.9 Å². The Morgan fingerprint density at radius 1 is 0.871 bits per heavy atom. The number of hydrogen-bond acceptors (Lipinski definition) is 2. The summed E-state index contributed by atoms with van der Waals surface area (Å²) in [5, 5.41) is 4.68. The fourth-order valence-electron chi connectivity index (χ4n) is 4.25. The van der Waals surface area contributed by atoms with Gasteiger partial charge in [-0.15, -0.1) is 12.4 Å². The number of Topliss-reactive ketones (excluding diaryl/α,β-unsaturated/α-hetero) is 1. The molecule has 0 fully saturated rings. The van der Waals surface area contributed by atoms with Crippen LogP contribution in [-0.2, 0) is 0 Å². The number of hydrogen-bond donors (Lipinski definition) is 0. The fraction of sp³-hybridized carbons (Fsp3) is 0.444. The third-order valence-electron chi connectivity index (χ3n) is 6.12. The van der Waals surface area contributed by atoms with Gasteiger partial charge in [-0.3, -0.25) is 9.69 Å². The molecule has 1 atom stereocenters. The second-order valence-corrected chi connectivity index (χ2v) is 9.18. The van der Waals surface area contributed by atoms with Crippen LogP contribution in [0.5, 0.6) is 0 Å². The Kier molecular flexibility index (Phi) is 10.5. The van der Waals surface area contributed by atoms with Crippen LogP contribution in [0.25, 0.3) is 21.5 Å². The maximum Gasteiger partial charge on any atom is 0.179 e. The Bertz CT molecular complexity index is 993. The number of rotatable bonds is 11. The van der Waals surface area contributed by atoms with Crippen LogP contribution < -0.4 is 0 Å². The van der Waals surface area contributed by atoms with Crippen molar-refractivity contribution in [1.29, 1.82) is 0 Å². The van der Waals surface area contributed by atoms with Crippen molar-refractivity contribution in [3.63, 3.8) is 0 Å². The van der Waals surface area contributed by atoms with Crippen molar-refractivity contribution >= 4 is 55.7 Å². The summed E-state index contributed by atoms with van der Waals surface area (Å²) in [6.45, 7) is 8.56. The molecular formula is C27H35BrClNO. The maximum absolute atomic E-state index is 13.4. The van der Waals surface area contributed by atoms with Crippen molar-refractivity contribution < 1.29 is 4.79 Å². The van der Waals surface area contributed by atoms with Gasteiger partial charge in [0.2, 0.25) is 0 Å². The lowest BCUT2D eigenvalue weighted by Crippen LogP contribution is -2.40. The number of carbonyl (C=O) groups is 1. The van der Waals surface area contributed by atoms with Crippen LogP contribution in [-0.4, -0.2) is 29.8 Å². The summed E-state index contributed by atoms with van der Waals surface area (Å²) in [6.07, 6.45) is 7.19. The maximum atomic E-state index is 13.4.